The molecule has 0 unspecified atom stereocenters. The minimum atomic E-state index is 0.417. The van der Waals surface area contributed by atoms with Gasteiger partial charge in [0.05, 0.1) is 0 Å². The highest BCUT2D eigenvalue weighted by Gasteiger charge is 2.19. The van der Waals surface area contributed by atoms with Gasteiger partial charge in [-0.05, 0) is 12.8 Å². The van der Waals surface area contributed by atoms with Crippen molar-refractivity contribution in [2.24, 2.45) is 0 Å². The highest BCUT2D eigenvalue weighted by atomic mass is 15.0. The maximum absolute atomic E-state index is 4.33. The molecule has 1 fully saturated rings. The van der Waals surface area contributed by atoms with Crippen LogP contribution in [-0.2, 0) is 6.54 Å². The molecule has 1 aromatic heterocycles. The van der Waals surface area contributed by atoms with E-state index >= 15 is 0 Å². The van der Waals surface area contributed by atoms with Crippen LogP contribution in [0, 0.1) is 0 Å². The van der Waals surface area contributed by atoms with Gasteiger partial charge in [0.2, 0.25) is 0 Å². The van der Waals surface area contributed by atoms with E-state index in [1.54, 1.807) is 0 Å². The van der Waals surface area contributed by atoms with Crippen molar-refractivity contribution in [3.8, 4) is 0 Å². The highest BCUT2D eigenvalue weighted by Crippen LogP contribution is 2.19. The van der Waals surface area contributed by atoms with Crippen molar-refractivity contribution >= 4 is 0 Å². The number of aromatic nitrogens is 2. The van der Waals surface area contributed by atoms with Crippen molar-refractivity contribution in [2.45, 2.75) is 45.2 Å². The lowest BCUT2D eigenvalue weighted by Crippen LogP contribution is -2.15. The van der Waals surface area contributed by atoms with E-state index in [0.29, 0.717) is 5.92 Å². The minimum Gasteiger partial charge on any atom is -0.310 e. The van der Waals surface area contributed by atoms with E-state index in [1.165, 1.54) is 18.4 Å². The molecule has 0 bridgehead atoms. The minimum absolute atomic E-state index is 0.417. The van der Waals surface area contributed by atoms with Crippen LogP contribution in [0.15, 0.2) is 12.4 Å². The summed E-state index contributed by atoms with van der Waals surface area (Å²) in [5.74, 6) is 1.35. The normalized spacial score (nSPS) is 16.2. The fourth-order valence-electron chi connectivity index (χ4n) is 1.30. The Labute approximate surface area is 85.0 Å². The van der Waals surface area contributed by atoms with Gasteiger partial charge in [-0.1, -0.05) is 13.8 Å². The summed E-state index contributed by atoms with van der Waals surface area (Å²) >= 11 is 0. The van der Waals surface area contributed by atoms with Crippen LogP contribution >= 0.6 is 0 Å². The first-order valence-electron chi connectivity index (χ1n) is 5.30. The predicted octanol–water partition coefficient (Wildman–Crippen LogP) is 1.85. The van der Waals surface area contributed by atoms with Crippen LogP contribution in [-0.4, -0.2) is 16.0 Å². The zero-order valence-electron chi connectivity index (χ0n) is 8.83. The molecule has 14 heavy (non-hydrogen) atoms. The molecular weight excluding hydrogens is 174 g/mol. The maximum Gasteiger partial charge on any atom is 0.130 e. The number of nitrogens with zero attached hydrogens (tertiary/aromatic N) is 2. The van der Waals surface area contributed by atoms with Crippen molar-refractivity contribution < 1.29 is 0 Å². The lowest BCUT2D eigenvalue weighted by atomic mass is 10.2. The third-order valence-corrected chi connectivity index (χ3v) is 2.41. The Morgan fingerprint density at radius 2 is 2.00 bits per heavy atom. The Morgan fingerprint density at radius 1 is 1.36 bits per heavy atom. The number of nitrogens with one attached hydrogen (secondary N) is 1. The van der Waals surface area contributed by atoms with Gasteiger partial charge >= 0.3 is 0 Å². The van der Waals surface area contributed by atoms with E-state index in [1.807, 2.05) is 12.4 Å². The van der Waals surface area contributed by atoms with Crippen molar-refractivity contribution in [3.63, 3.8) is 0 Å². The molecule has 3 nitrogen and oxygen atoms in total. The summed E-state index contributed by atoms with van der Waals surface area (Å²) in [6.45, 7) is 5.12. The standard InChI is InChI=1S/C11H17N3/c1-8(2)11-13-6-9(7-14-11)5-12-10-3-4-10/h6-8,10,12H,3-5H2,1-2H3. The smallest absolute Gasteiger partial charge is 0.130 e. The third-order valence-electron chi connectivity index (χ3n) is 2.41. The van der Waals surface area contributed by atoms with Crippen molar-refractivity contribution in [1.82, 2.24) is 15.3 Å². The van der Waals surface area contributed by atoms with Crippen LogP contribution < -0.4 is 5.32 Å². The van der Waals surface area contributed by atoms with E-state index in [9.17, 15) is 0 Å². The predicted molar refractivity (Wildman–Crippen MR) is 56.0 cm³/mol. The van der Waals surface area contributed by atoms with Gasteiger partial charge in [0.15, 0.2) is 0 Å². The molecule has 1 aliphatic carbocycles. The molecule has 1 saturated carbocycles. The fraction of sp³-hybridized carbons (Fsp3) is 0.636. The molecule has 1 aromatic rings. The average molecular weight is 191 g/mol. The summed E-state index contributed by atoms with van der Waals surface area (Å²) in [6.07, 6.45) is 6.51. The van der Waals surface area contributed by atoms with Gasteiger partial charge in [-0.25, -0.2) is 9.97 Å². The van der Waals surface area contributed by atoms with Crippen molar-refractivity contribution in [3.05, 3.63) is 23.8 Å². The van der Waals surface area contributed by atoms with E-state index < -0.39 is 0 Å². The van der Waals surface area contributed by atoms with E-state index in [0.717, 1.165) is 18.4 Å². The summed E-state index contributed by atoms with van der Waals surface area (Å²) in [7, 11) is 0. The summed E-state index contributed by atoms with van der Waals surface area (Å²) in [4.78, 5) is 8.65. The zero-order chi connectivity index (χ0) is 9.97. The van der Waals surface area contributed by atoms with Crippen molar-refractivity contribution in [1.29, 1.82) is 0 Å². The summed E-state index contributed by atoms with van der Waals surface area (Å²) in [6, 6.07) is 0.750. The van der Waals surface area contributed by atoms with E-state index in [2.05, 4.69) is 29.1 Å². The highest BCUT2D eigenvalue weighted by molar-refractivity contribution is 5.07. The molecule has 0 amide bonds. The fourth-order valence-corrected chi connectivity index (χ4v) is 1.30. The third kappa shape index (κ3) is 2.51. The average Bonchev–Trinajstić information content (AvgIpc) is 2.99. The number of hydrogen-bond acceptors (Lipinski definition) is 3. The second-order valence-electron chi connectivity index (χ2n) is 4.26. The van der Waals surface area contributed by atoms with Crippen LogP contribution in [0.2, 0.25) is 0 Å². The molecular formula is C11H17N3. The van der Waals surface area contributed by atoms with Crippen molar-refractivity contribution in [2.75, 3.05) is 0 Å². The van der Waals surface area contributed by atoms with Gasteiger partial charge in [-0.15, -0.1) is 0 Å². The summed E-state index contributed by atoms with van der Waals surface area (Å²) in [5, 5.41) is 3.44. The largest absolute Gasteiger partial charge is 0.310 e. The lowest BCUT2D eigenvalue weighted by molar-refractivity contribution is 0.677. The first-order chi connectivity index (χ1) is 6.75. The Balaban J connectivity index is 1.91. The van der Waals surface area contributed by atoms with Crippen LogP contribution in [0.25, 0.3) is 0 Å². The molecule has 1 aliphatic rings. The molecule has 76 valence electrons. The Morgan fingerprint density at radius 3 is 2.50 bits per heavy atom. The first-order valence-corrected chi connectivity index (χ1v) is 5.30. The molecule has 0 aliphatic heterocycles. The summed E-state index contributed by atoms with van der Waals surface area (Å²) < 4.78 is 0. The maximum atomic E-state index is 4.33. The molecule has 0 spiro atoms. The van der Waals surface area contributed by atoms with Gasteiger partial charge in [-0.3, -0.25) is 0 Å². The molecule has 2 rings (SSSR count). The lowest BCUT2D eigenvalue weighted by Gasteiger charge is -2.05. The van der Waals surface area contributed by atoms with E-state index in [-0.39, 0.29) is 0 Å². The van der Waals surface area contributed by atoms with Gasteiger partial charge in [-0.2, -0.15) is 0 Å². The molecule has 1 heterocycles. The van der Waals surface area contributed by atoms with Crippen LogP contribution in [0.1, 0.15) is 44.0 Å². The van der Waals surface area contributed by atoms with Crippen LogP contribution in [0.3, 0.4) is 0 Å². The molecule has 1 N–H and O–H groups in total. The monoisotopic (exact) mass is 191 g/mol. The topological polar surface area (TPSA) is 37.8 Å². The van der Waals surface area contributed by atoms with Crippen LogP contribution in [0.4, 0.5) is 0 Å². The Hall–Kier alpha value is -0.960. The Kier molecular flexibility index (Phi) is 2.77. The quantitative estimate of drug-likeness (QED) is 0.789. The molecule has 0 saturated heterocycles. The molecule has 0 aromatic carbocycles. The first kappa shape index (κ1) is 9.59. The molecule has 0 radical (unpaired) electrons. The summed E-state index contributed by atoms with van der Waals surface area (Å²) in [5.41, 5.74) is 1.18. The number of hydrogen-bond donors (Lipinski definition) is 1. The SMILES string of the molecule is CC(C)c1ncc(CNC2CC2)cn1. The van der Waals surface area contributed by atoms with Gasteiger partial charge in [0, 0.05) is 36.5 Å². The van der Waals surface area contributed by atoms with E-state index in [4.69, 9.17) is 0 Å². The second kappa shape index (κ2) is 4.05. The zero-order valence-corrected chi connectivity index (χ0v) is 8.83. The van der Waals surface area contributed by atoms with Gasteiger partial charge < -0.3 is 5.32 Å². The van der Waals surface area contributed by atoms with Gasteiger partial charge in [0.25, 0.3) is 0 Å². The number of rotatable bonds is 4. The Bertz CT molecular complexity index is 288. The second-order valence-corrected chi connectivity index (χ2v) is 4.26. The molecule has 3 heteroatoms. The van der Waals surface area contributed by atoms with Gasteiger partial charge in [0.1, 0.15) is 5.82 Å². The van der Waals surface area contributed by atoms with Crippen LogP contribution in [0.5, 0.6) is 0 Å². The molecule has 0 atom stereocenters.